The first-order valence-corrected chi connectivity index (χ1v) is 8.52. The molecule has 1 N–H and O–H groups in total. The molecule has 0 spiro atoms. The molecule has 2 aromatic rings. The zero-order valence-electron chi connectivity index (χ0n) is 13.7. The van der Waals surface area contributed by atoms with Crippen molar-refractivity contribution in [3.05, 3.63) is 48.0 Å². The fraction of sp³-hybridized carbons (Fsp3) is 0.444. The van der Waals surface area contributed by atoms with E-state index in [2.05, 4.69) is 10.4 Å². The fourth-order valence-electron chi connectivity index (χ4n) is 3.43. The second-order valence-corrected chi connectivity index (χ2v) is 6.40. The summed E-state index contributed by atoms with van der Waals surface area (Å²) in [6.07, 6.45) is 2.81. The van der Waals surface area contributed by atoms with Gasteiger partial charge in [0.05, 0.1) is 29.9 Å². The Kier molecular flexibility index (Phi) is 4.50. The van der Waals surface area contributed by atoms with E-state index in [1.165, 1.54) is 12.1 Å². The van der Waals surface area contributed by atoms with E-state index in [0.29, 0.717) is 26.2 Å². The van der Waals surface area contributed by atoms with Crippen molar-refractivity contribution in [2.45, 2.75) is 25.0 Å². The number of rotatable bonds is 4. The highest BCUT2D eigenvalue weighted by Gasteiger charge is 2.38. The Balaban J connectivity index is 1.55. The maximum atomic E-state index is 13.2. The predicted molar refractivity (Wildman–Crippen MR) is 87.7 cm³/mol. The zero-order valence-corrected chi connectivity index (χ0v) is 13.7. The van der Waals surface area contributed by atoms with Crippen molar-refractivity contribution in [2.75, 3.05) is 19.8 Å². The van der Waals surface area contributed by atoms with Crippen molar-refractivity contribution in [3.63, 3.8) is 0 Å². The van der Waals surface area contributed by atoms with E-state index >= 15 is 0 Å². The van der Waals surface area contributed by atoms with E-state index < -0.39 is 0 Å². The fourth-order valence-corrected chi connectivity index (χ4v) is 3.43. The summed E-state index contributed by atoms with van der Waals surface area (Å²) in [4.78, 5) is 12.7. The first kappa shape index (κ1) is 16.2. The maximum Gasteiger partial charge on any atom is 0.226 e. The van der Waals surface area contributed by atoms with Gasteiger partial charge in [-0.15, -0.1) is 0 Å². The highest BCUT2D eigenvalue weighted by Crippen LogP contribution is 2.35. The molecule has 2 fully saturated rings. The topological polar surface area (TPSA) is 65.4 Å². The van der Waals surface area contributed by atoms with Crippen molar-refractivity contribution in [3.8, 4) is 5.69 Å². The quantitative estimate of drug-likeness (QED) is 0.920. The van der Waals surface area contributed by atoms with Gasteiger partial charge in [0.2, 0.25) is 5.91 Å². The normalized spacial score (nSPS) is 26.0. The first-order chi connectivity index (χ1) is 12.2. The second kappa shape index (κ2) is 6.93. The molecule has 6 nitrogen and oxygen atoms in total. The molecule has 25 heavy (non-hydrogen) atoms. The van der Waals surface area contributed by atoms with Gasteiger partial charge in [-0.25, -0.2) is 9.07 Å². The molecule has 1 aromatic carbocycles. The van der Waals surface area contributed by atoms with Gasteiger partial charge >= 0.3 is 0 Å². The van der Waals surface area contributed by atoms with Crippen LogP contribution in [0.15, 0.2) is 36.5 Å². The Morgan fingerprint density at radius 3 is 2.80 bits per heavy atom. The average Bonchev–Trinajstić information content (AvgIpc) is 3.36. The van der Waals surface area contributed by atoms with E-state index in [9.17, 15) is 9.18 Å². The Hall–Kier alpha value is -2.25. The third-order valence-corrected chi connectivity index (χ3v) is 4.74. The third-order valence-electron chi connectivity index (χ3n) is 4.74. The van der Waals surface area contributed by atoms with Crippen LogP contribution in [0.3, 0.4) is 0 Å². The lowest BCUT2D eigenvalue weighted by Crippen LogP contribution is -2.40. The van der Waals surface area contributed by atoms with Crippen LogP contribution in [0.2, 0.25) is 0 Å². The lowest BCUT2D eigenvalue weighted by Gasteiger charge is -2.21. The molecule has 3 atom stereocenters. The number of nitrogens with zero attached hydrogens (tertiary/aromatic N) is 2. The summed E-state index contributed by atoms with van der Waals surface area (Å²) in [7, 11) is 0. The Morgan fingerprint density at radius 2 is 2.04 bits per heavy atom. The predicted octanol–water partition coefficient (Wildman–Crippen LogP) is 1.99. The van der Waals surface area contributed by atoms with Crippen LogP contribution in [0, 0.1) is 11.7 Å². The number of carbonyl (C=O) groups is 1. The molecule has 3 heterocycles. The number of amides is 1. The number of hydrogen-bond acceptors (Lipinski definition) is 4. The van der Waals surface area contributed by atoms with Crippen LogP contribution in [-0.4, -0.2) is 41.6 Å². The van der Waals surface area contributed by atoms with Crippen LogP contribution in [0.5, 0.6) is 0 Å². The number of aromatic nitrogens is 2. The number of ether oxygens (including phenoxy) is 2. The third kappa shape index (κ3) is 3.29. The maximum absolute atomic E-state index is 13.2. The van der Waals surface area contributed by atoms with E-state index in [-0.39, 0.29) is 29.8 Å². The molecule has 132 valence electrons. The van der Waals surface area contributed by atoms with Crippen LogP contribution in [0.25, 0.3) is 5.69 Å². The second-order valence-electron chi connectivity index (χ2n) is 6.40. The number of hydrogen-bond donors (Lipinski definition) is 1. The molecule has 2 aliphatic rings. The van der Waals surface area contributed by atoms with Crippen molar-refractivity contribution >= 4 is 5.91 Å². The molecule has 4 rings (SSSR count). The molecule has 1 aromatic heterocycles. The SMILES string of the molecule is O=C(N[C@@H]1CCOC1)[C@H]1CCO[C@@H]1c1ccnn1-c1ccc(F)cc1. The van der Waals surface area contributed by atoms with E-state index in [0.717, 1.165) is 17.8 Å². The number of nitrogens with one attached hydrogen (secondary N) is 1. The lowest BCUT2D eigenvalue weighted by atomic mass is 9.97. The van der Waals surface area contributed by atoms with Gasteiger partial charge in [-0.2, -0.15) is 5.10 Å². The van der Waals surface area contributed by atoms with Crippen molar-refractivity contribution in [1.82, 2.24) is 15.1 Å². The summed E-state index contributed by atoms with van der Waals surface area (Å²) in [5.41, 5.74) is 1.53. The molecule has 0 bridgehead atoms. The minimum atomic E-state index is -0.366. The molecule has 2 saturated heterocycles. The Labute approximate surface area is 144 Å². The Morgan fingerprint density at radius 1 is 1.20 bits per heavy atom. The number of halogens is 1. The smallest absolute Gasteiger partial charge is 0.226 e. The van der Waals surface area contributed by atoms with Gasteiger partial charge in [-0.3, -0.25) is 4.79 Å². The van der Waals surface area contributed by atoms with E-state index in [4.69, 9.17) is 9.47 Å². The molecule has 7 heteroatoms. The number of carbonyl (C=O) groups excluding carboxylic acids is 1. The van der Waals surface area contributed by atoms with Gasteiger partial charge in [-0.05, 0) is 43.2 Å². The molecule has 2 aliphatic heterocycles. The summed E-state index contributed by atoms with van der Waals surface area (Å²) in [5.74, 6) is -0.577. The molecule has 0 radical (unpaired) electrons. The zero-order chi connectivity index (χ0) is 17.2. The standard InChI is InChI=1S/C18H20FN3O3/c19-12-1-3-14(4-2-12)22-16(5-8-20-22)17-15(7-10-25-17)18(23)21-13-6-9-24-11-13/h1-5,8,13,15,17H,6-7,9-11H2,(H,21,23)/t13-,15+,17+/m1/s1. The van der Waals surface area contributed by atoms with Gasteiger partial charge in [0.25, 0.3) is 0 Å². The molecule has 0 saturated carbocycles. The minimum Gasteiger partial charge on any atom is -0.379 e. The van der Waals surface area contributed by atoms with Gasteiger partial charge in [-0.1, -0.05) is 0 Å². The van der Waals surface area contributed by atoms with E-state index in [1.54, 1.807) is 23.0 Å². The molecular weight excluding hydrogens is 325 g/mol. The van der Waals surface area contributed by atoms with Crippen LogP contribution in [0.4, 0.5) is 4.39 Å². The van der Waals surface area contributed by atoms with Crippen molar-refractivity contribution in [2.24, 2.45) is 5.92 Å². The van der Waals surface area contributed by atoms with Crippen LogP contribution in [0.1, 0.15) is 24.6 Å². The molecule has 0 unspecified atom stereocenters. The largest absolute Gasteiger partial charge is 0.379 e. The molecule has 1 amide bonds. The van der Waals surface area contributed by atoms with Crippen LogP contribution < -0.4 is 5.32 Å². The summed E-state index contributed by atoms with van der Waals surface area (Å²) < 4.78 is 26.0. The van der Waals surface area contributed by atoms with Crippen molar-refractivity contribution in [1.29, 1.82) is 0 Å². The summed E-state index contributed by atoms with van der Waals surface area (Å²) >= 11 is 0. The monoisotopic (exact) mass is 345 g/mol. The number of benzene rings is 1. The summed E-state index contributed by atoms with van der Waals surface area (Å²) in [6, 6.07) is 8.02. The van der Waals surface area contributed by atoms with Gasteiger partial charge in [0.1, 0.15) is 11.9 Å². The van der Waals surface area contributed by atoms with Crippen molar-refractivity contribution < 1.29 is 18.7 Å². The molecule has 0 aliphatic carbocycles. The molecular formula is C18H20FN3O3. The minimum absolute atomic E-state index is 0.00939. The highest BCUT2D eigenvalue weighted by molar-refractivity contribution is 5.80. The summed E-state index contributed by atoms with van der Waals surface area (Å²) in [5, 5.41) is 7.38. The highest BCUT2D eigenvalue weighted by atomic mass is 19.1. The van der Waals surface area contributed by atoms with Gasteiger partial charge in [0, 0.05) is 19.4 Å². The summed E-state index contributed by atoms with van der Waals surface area (Å²) in [6.45, 7) is 1.78. The van der Waals surface area contributed by atoms with Crippen LogP contribution in [-0.2, 0) is 14.3 Å². The lowest BCUT2D eigenvalue weighted by molar-refractivity contribution is -0.127. The van der Waals surface area contributed by atoms with Gasteiger partial charge in [0.15, 0.2) is 0 Å². The van der Waals surface area contributed by atoms with Gasteiger partial charge < -0.3 is 14.8 Å². The first-order valence-electron chi connectivity index (χ1n) is 8.52. The average molecular weight is 345 g/mol. The van der Waals surface area contributed by atoms with E-state index in [1.807, 2.05) is 6.07 Å². The van der Waals surface area contributed by atoms with Crippen LogP contribution >= 0.6 is 0 Å². The Bertz CT molecular complexity index is 740.